The summed E-state index contributed by atoms with van der Waals surface area (Å²) in [7, 11) is 3.53. The summed E-state index contributed by atoms with van der Waals surface area (Å²) in [6.07, 6.45) is 1.30. The third-order valence-electron chi connectivity index (χ3n) is 3.54. The molecular formula is C16H16N4O3. The van der Waals surface area contributed by atoms with Crippen molar-refractivity contribution in [2.75, 3.05) is 19.1 Å². The quantitative estimate of drug-likeness (QED) is 0.777. The number of anilines is 1. The molecule has 3 aromatic rings. The summed E-state index contributed by atoms with van der Waals surface area (Å²) >= 11 is 0. The lowest BCUT2D eigenvalue weighted by atomic mass is 10.2. The third-order valence-corrected chi connectivity index (χ3v) is 3.54. The fraction of sp³-hybridized carbons (Fsp3) is 0.188. The molecule has 7 heteroatoms. The number of carboxylic acid groups (broad SMARTS) is 1. The van der Waals surface area contributed by atoms with E-state index in [1.54, 1.807) is 13.2 Å². The number of hydrogen-bond donors (Lipinski definition) is 1. The molecule has 23 heavy (non-hydrogen) atoms. The highest BCUT2D eigenvalue weighted by atomic mass is 16.5. The number of rotatable bonds is 5. The number of hydrogen-bond acceptors (Lipinski definition) is 5. The van der Waals surface area contributed by atoms with Crippen molar-refractivity contribution < 1.29 is 14.6 Å². The summed E-state index contributed by atoms with van der Waals surface area (Å²) in [5, 5.41) is 13.5. The maximum absolute atomic E-state index is 11.2. The monoisotopic (exact) mass is 312 g/mol. The van der Waals surface area contributed by atoms with Crippen LogP contribution in [0.4, 0.5) is 5.82 Å². The number of benzene rings is 1. The van der Waals surface area contributed by atoms with Crippen molar-refractivity contribution in [2.24, 2.45) is 0 Å². The fourth-order valence-electron chi connectivity index (χ4n) is 2.30. The lowest BCUT2D eigenvalue weighted by Gasteiger charge is -2.18. The predicted molar refractivity (Wildman–Crippen MR) is 85.0 cm³/mol. The van der Waals surface area contributed by atoms with E-state index in [-0.39, 0.29) is 5.69 Å². The molecule has 0 saturated carbocycles. The zero-order valence-electron chi connectivity index (χ0n) is 12.8. The molecule has 0 amide bonds. The molecule has 118 valence electrons. The minimum absolute atomic E-state index is 0.0414. The van der Waals surface area contributed by atoms with Gasteiger partial charge >= 0.3 is 5.97 Å². The summed E-state index contributed by atoms with van der Waals surface area (Å²) in [6.45, 7) is 0.638. The maximum Gasteiger partial charge on any atom is 0.356 e. The molecule has 0 aliphatic heterocycles. The molecular weight excluding hydrogens is 296 g/mol. The van der Waals surface area contributed by atoms with E-state index in [1.807, 2.05) is 42.3 Å². The molecule has 0 radical (unpaired) electrons. The second-order valence-corrected chi connectivity index (χ2v) is 5.11. The Kier molecular flexibility index (Phi) is 3.84. The summed E-state index contributed by atoms with van der Waals surface area (Å²) in [4.78, 5) is 17.2. The molecule has 0 atom stereocenters. The Balaban J connectivity index is 1.86. The molecule has 1 aromatic carbocycles. The molecule has 0 aliphatic rings. The Labute approximate surface area is 132 Å². The van der Waals surface area contributed by atoms with Crippen LogP contribution in [0.1, 0.15) is 16.1 Å². The van der Waals surface area contributed by atoms with Gasteiger partial charge in [0.25, 0.3) is 0 Å². The van der Waals surface area contributed by atoms with Crippen LogP contribution in [0.15, 0.2) is 42.6 Å². The molecule has 2 aromatic heterocycles. The number of carboxylic acids is 1. The van der Waals surface area contributed by atoms with Gasteiger partial charge in [0.1, 0.15) is 11.6 Å². The largest absolute Gasteiger partial charge is 0.497 e. The van der Waals surface area contributed by atoms with Crippen LogP contribution in [0.25, 0.3) is 5.65 Å². The molecule has 0 bridgehead atoms. The van der Waals surface area contributed by atoms with Crippen LogP contribution in [0.5, 0.6) is 5.75 Å². The standard InChI is InChI=1S/C16H16N4O3/c1-19(10-11-3-5-12(23-2)6-4-11)15-8-7-14-17-9-13(16(21)22)20(14)18-15/h3-9H,10H2,1-2H3,(H,21,22). The van der Waals surface area contributed by atoms with Gasteiger partial charge in [0, 0.05) is 13.6 Å². The van der Waals surface area contributed by atoms with Gasteiger partial charge in [-0.05, 0) is 29.8 Å². The van der Waals surface area contributed by atoms with Gasteiger partial charge in [-0.15, -0.1) is 5.10 Å². The van der Waals surface area contributed by atoms with E-state index in [1.165, 1.54) is 10.7 Å². The topological polar surface area (TPSA) is 80.0 Å². The number of aromatic nitrogens is 3. The molecule has 0 aliphatic carbocycles. The van der Waals surface area contributed by atoms with Gasteiger partial charge in [-0.25, -0.2) is 14.3 Å². The molecule has 3 rings (SSSR count). The molecule has 2 heterocycles. The van der Waals surface area contributed by atoms with Gasteiger partial charge in [-0.3, -0.25) is 0 Å². The van der Waals surface area contributed by atoms with Gasteiger partial charge in [-0.2, -0.15) is 0 Å². The number of nitrogens with zero attached hydrogens (tertiary/aromatic N) is 4. The highest BCUT2D eigenvalue weighted by Gasteiger charge is 2.13. The minimum Gasteiger partial charge on any atom is -0.497 e. The predicted octanol–water partition coefficient (Wildman–Crippen LogP) is 2.07. The zero-order valence-corrected chi connectivity index (χ0v) is 12.8. The van der Waals surface area contributed by atoms with E-state index in [9.17, 15) is 4.79 Å². The second kappa shape index (κ2) is 5.96. The number of fused-ring (bicyclic) bond motifs is 1. The van der Waals surface area contributed by atoms with E-state index in [0.717, 1.165) is 11.3 Å². The lowest BCUT2D eigenvalue weighted by molar-refractivity contribution is 0.0688. The van der Waals surface area contributed by atoms with Gasteiger partial charge in [0.15, 0.2) is 11.3 Å². The van der Waals surface area contributed by atoms with E-state index in [2.05, 4.69) is 10.1 Å². The Morgan fingerprint density at radius 2 is 2.00 bits per heavy atom. The first-order valence-electron chi connectivity index (χ1n) is 7.00. The highest BCUT2D eigenvalue weighted by molar-refractivity contribution is 5.86. The summed E-state index contributed by atoms with van der Waals surface area (Å²) in [6, 6.07) is 11.3. The molecule has 0 saturated heterocycles. The van der Waals surface area contributed by atoms with Gasteiger partial charge in [-0.1, -0.05) is 12.1 Å². The van der Waals surface area contributed by atoms with Crippen molar-refractivity contribution in [1.29, 1.82) is 0 Å². The second-order valence-electron chi connectivity index (χ2n) is 5.11. The van der Waals surface area contributed by atoms with Crippen LogP contribution in [-0.2, 0) is 6.54 Å². The van der Waals surface area contributed by atoms with Crippen molar-refractivity contribution >= 4 is 17.4 Å². The Bertz CT molecular complexity index is 842. The van der Waals surface area contributed by atoms with Crippen LogP contribution < -0.4 is 9.64 Å². The first-order valence-corrected chi connectivity index (χ1v) is 7.00. The summed E-state index contributed by atoms with van der Waals surface area (Å²) in [5.41, 5.74) is 1.64. The van der Waals surface area contributed by atoms with Crippen LogP contribution >= 0.6 is 0 Å². The molecule has 7 nitrogen and oxygen atoms in total. The number of ether oxygens (including phenoxy) is 1. The molecule has 0 spiro atoms. The van der Waals surface area contributed by atoms with E-state index < -0.39 is 5.97 Å². The SMILES string of the molecule is COc1ccc(CN(C)c2ccc3ncc(C(=O)O)n3n2)cc1. The van der Waals surface area contributed by atoms with Crippen LogP contribution in [0.2, 0.25) is 0 Å². The van der Waals surface area contributed by atoms with Crippen molar-refractivity contribution in [3.05, 3.63) is 53.9 Å². The highest BCUT2D eigenvalue weighted by Crippen LogP contribution is 2.17. The van der Waals surface area contributed by atoms with E-state index in [4.69, 9.17) is 9.84 Å². The Hall–Kier alpha value is -3.09. The van der Waals surface area contributed by atoms with Gasteiger partial charge < -0.3 is 14.7 Å². The van der Waals surface area contributed by atoms with Crippen molar-refractivity contribution in [2.45, 2.75) is 6.54 Å². The Morgan fingerprint density at radius 3 is 2.65 bits per heavy atom. The first-order chi connectivity index (χ1) is 11.1. The average Bonchev–Trinajstić information content (AvgIpc) is 2.98. The number of imidazole rings is 1. The maximum atomic E-state index is 11.2. The van der Waals surface area contributed by atoms with E-state index in [0.29, 0.717) is 18.0 Å². The minimum atomic E-state index is -1.06. The molecule has 1 N–H and O–H groups in total. The lowest BCUT2D eigenvalue weighted by Crippen LogP contribution is -2.19. The fourth-order valence-corrected chi connectivity index (χ4v) is 2.30. The Morgan fingerprint density at radius 1 is 1.26 bits per heavy atom. The zero-order chi connectivity index (χ0) is 16.4. The van der Waals surface area contributed by atoms with Crippen LogP contribution in [0, 0.1) is 0 Å². The molecule has 0 unspecified atom stereocenters. The summed E-state index contributed by atoms with van der Waals surface area (Å²) < 4.78 is 6.48. The van der Waals surface area contributed by atoms with Crippen molar-refractivity contribution in [3.8, 4) is 5.75 Å². The normalized spacial score (nSPS) is 10.7. The smallest absolute Gasteiger partial charge is 0.356 e. The van der Waals surface area contributed by atoms with Crippen molar-refractivity contribution in [1.82, 2.24) is 14.6 Å². The van der Waals surface area contributed by atoms with Crippen LogP contribution in [0.3, 0.4) is 0 Å². The molecule has 0 fully saturated rings. The number of carbonyl (C=O) groups is 1. The van der Waals surface area contributed by atoms with Crippen LogP contribution in [-0.4, -0.2) is 39.8 Å². The average molecular weight is 312 g/mol. The van der Waals surface area contributed by atoms with Gasteiger partial charge in [0.2, 0.25) is 0 Å². The number of aromatic carboxylic acids is 1. The van der Waals surface area contributed by atoms with E-state index >= 15 is 0 Å². The third kappa shape index (κ3) is 2.94. The van der Waals surface area contributed by atoms with Crippen molar-refractivity contribution in [3.63, 3.8) is 0 Å². The number of methoxy groups -OCH3 is 1. The first kappa shape index (κ1) is 14.8. The summed E-state index contributed by atoms with van der Waals surface area (Å²) in [5.74, 6) is 0.411. The van der Waals surface area contributed by atoms with Gasteiger partial charge in [0.05, 0.1) is 13.3 Å².